The Morgan fingerprint density at radius 3 is 2.42 bits per heavy atom. The first-order valence-electron chi connectivity index (χ1n) is 6.44. The van der Waals surface area contributed by atoms with Crippen molar-refractivity contribution in [3.05, 3.63) is 35.4 Å². The molecular formula is C14H18N2O2S. The summed E-state index contributed by atoms with van der Waals surface area (Å²) < 4.78 is 25.8. The van der Waals surface area contributed by atoms with Crippen molar-refractivity contribution in [3.8, 4) is 6.07 Å². The first-order valence-corrected chi connectivity index (χ1v) is 8.05. The average molecular weight is 278 g/mol. The van der Waals surface area contributed by atoms with Gasteiger partial charge in [-0.05, 0) is 36.5 Å². The van der Waals surface area contributed by atoms with Gasteiger partial charge < -0.3 is 0 Å². The normalized spacial score (nSPS) is 16.1. The van der Waals surface area contributed by atoms with Crippen LogP contribution in [0.1, 0.15) is 30.4 Å². The second-order valence-corrected chi connectivity index (χ2v) is 7.22. The largest absolute Gasteiger partial charge is 0.218 e. The Balaban J connectivity index is 2.00. The number of hydrogen-bond acceptors (Lipinski definition) is 3. The van der Waals surface area contributed by atoms with Gasteiger partial charge in [-0.15, -0.1) is 0 Å². The van der Waals surface area contributed by atoms with Gasteiger partial charge in [0.2, 0.25) is 10.0 Å². The number of nitrogens with zero attached hydrogens (tertiary/aromatic N) is 2. The van der Waals surface area contributed by atoms with Crippen molar-refractivity contribution in [1.29, 1.82) is 5.26 Å². The third kappa shape index (κ3) is 3.55. The number of hydrogen-bond donors (Lipinski definition) is 0. The lowest BCUT2D eigenvalue weighted by atomic mass is 9.86. The van der Waals surface area contributed by atoms with Gasteiger partial charge in [-0.3, -0.25) is 0 Å². The van der Waals surface area contributed by atoms with Crippen LogP contribution in [0.4, 0.5) is 0 Å². The van der Waals surface area contributed by atoms with E-state index >= 15 is 0 Å². The first kappa shape index (κ1) is 14.0. The van der Waals surface area contributed by atoms with Crippen LogP contribution in [0.15, 0.2) is 24.3 Å². The second-order valence-electron chi connectivity index (χ2n) is 5.14. The summed E-state index contributed by atoms with van der Waals surface area (Å²) in [6, 6.07) is 8.72. The summed E-state index contributed by atoms with van der Waals surface area (Å²) >= 11 is 0. The van der Waals surface area contributed by atoms with E-state index in [-0.39, 0.29) is 5.75 Å². The third-order valence-electron chi connectivity index (χ3n) is 3.65. The number of rotatable bonds is 5. The molecule has 19 heavy (non-hydrogen) atoms. The Hall–Kier alpha value is -1.38. The first-order chi connectivity index (χ1) is 9.01. The lowest BCUT2D eigenvalue weighted by molar-refractivity contribution is 0.263. The Kier molecular flexibility index (Phi) is 4.23. The molecule has 0 atom stereocenters. The van der Waals surface area contributed by atoms with Gasteiger partial charge in [0.25, 0.3) is 0 Å². The van der Waals surface area contributed by atoms with Crippen LogP contribution in [0.2, 0.25) is 0 Å². The minimum atomic E-state index is -3.25. The summed E-state index contributed by atoms with van der Waals surface area (Å²) in [7, 11) is -1.60. The highest BCUT2D eigenvalue weighted by atomic mass is 32.2. The Labute approximate surface area is 114 Å². The van der Waals surface area contributed by atoms with Crippen molar-refractivity contribution in [2.75, 3.05) is 13.6 Å². The molecule has 0 aliphatic heterocycles. The van der Waals surface area contributed by atoms with E-state index in [9.17, 15) is 8.42 Å². The molecule has 4 nitrogen and oxygen atoms in total. The quantitative estimate of drug-likeness (QED) is 0.829. The number of sulfonamides is 1. The predicted molar refractivity (Wildman–Crippen MR) is 73.8 cm³/mol. The van der Waals surface area contributed by atoms with Crippen molar-refractivity contribution < 1.29 is 8.42 Å². The van der Waals surface area contributed by atoms with E-state index < -0.39 is 10.0 Å². The zero-order valence-electron chi connectivity index (χ0n) is 11.0. The average Bonchev–Trinajstić information content (AvgIpc) is 2.34. The predicted octanol–water partition coefficient (Wildman–Crippen LogP) is 2.12. The lowest BCUT2D eigenvalue weighted by Crippen LogP contribution is -2.35. The molecule has 0 saturated heterocycles. The molecule has 0 heterocycles. The van der Waals surface area contributed by atoms with E-state index in [0.717, 1.165) is 18.4 Å². The molecule has 0 radical (unpaired) electrons. The highest BCUT2D eigenvalue weighted by Crippen LogP contribution is 2.27. The number of nitriles is 1. The second kappa shape index (κ2) is 5.72. The zero-order valence-corrected chi connectivity index (χ0v) is 11.9. The molecule has 2 rings (SSSR count). The Morgan fingerprint density at radius 2 is 1.95 bits per heavy atom. The summed E-state index contributed by atoms with van der Waals surface area (Å²) in [6.07, 6.45) is 3.49. The van der Waals surface area contributed by atoms with Crippen LogP contribution in [-0.4, -0.2) is 26.3 Å². The van der Waals surface area contributed by atoms with Crippen LogP contribution >= 0.6 is 0 Å². The maximum atomic E-state index is 12.2. The molecule has 5 heteroatoms. The molecule has 0 bridgehead atoms. The molecule has 0 aromatic heterocycles. The van der Waals surface area contributed by atoms with E-state index in [4.69, 9.17) is 5.26 Å². The van der Waals surface area contributed by atoms with Gasteiger partial charge in [-0.1, -0.05) is 18.6 Å². The summed E-state index contributed by atoms with van der Waals surface area (Å²) in [5, 5.41) is 8.71. The molecule has 0 amide bonds. The molecular weight excluding hydrogens is 260 g/mol. The van der Waals surface area contributed by atoms with Crippen molar-refractivity contribution in [2.24, 2.45) is 5.92 Å². The van der Waals surface area contributed by atoms with Gasteiger partial charge in [0.15, 0.2) is 0 Å². The smallest absolute Gasteiger partial charge is 0.212 e. The van der Waals surface area contributed by atoms with Crippen molar-refractivity contribution in [3.63, 3.8) is 0 Å². The van der Waals surface area contributed by atoms with Crippen LogP contribution in [0.25, 0.3) is 0 Å². The van der Waals surface area contributed by atoms with Crippen LogP contribution in [0, 0.1) is 17.2 Å². The molecule has 1 aliphatic carbocycles. The minimum Gasteiger partial charge on any atom is -0.212 e. The van der Waals surface area contributed by atoms with Gasteiger partial charge in [-0.2, -0.15) is 5.26 Å². The monoisotopic (exact) mass is 278 g/mol. The highest BCUT2D eigenvalue weighted by molar-refractivity contribution is 7.88. The number of benzene rings is 1. The van der Waals surface area contributed by atoms with Crippen LogP contribution in [0.3, 0.4) is 0 Å². The Bertz CT molecular complexity index is 568. The van der Waals surface area contributed by atoms with E-state index in [1.807, 2.05) is 6.07 Å². The molecule has 1 saturated carbocycles. The topological polar surface area (TPSA) is 61.2 Å². The minimum absolute atomic E-state index is 0.00191. The van der Waals surface area contributed by atoms with Crippen LogP contribution in [0.5, 0.6) is 0 Å². The maximum absolute atomic E-state index is 12.2. The van der Waals surface area contributed by atoms with Crippen LogP contribution in [-0.2, 0) is 15.8 Å². The third-order valence-corrected chi connectivity index (χ3v) is 5.44. The van der Waals surface area contributed by atoms with Gasteiger partial charge in [0.1, 0.15) is 0 Å². The fourth-order valence-electron chi connectivity index (χ4n) is 2.15. The highest BCUT2D eigenvalue weighted by Gasteiger charge is 2.25. The summed E-state index contributed by atoms with van der Waals surface area (Å²) in [5.41, 5.74) is 1.27. The molecule has 0 N–H and O–H groups in total. The van der Waals surface area contributed by atoms with Crippen molar-refractivity contribution >= 4 is 10.0 Å². The fraction of sp³-hybridized carbons (Fsp3) is 0.500. The van der Waals surface area contributed by atoms with Crippen molar-refractivity contribution in [1.82, 2.24) is 4.31 Å². The van der Waals surface area contributed by atoms with E-state index in [2.05, 4.69) is 0 Å². The van der Waals surface area contributed by atoms with E-state index in [1.54, 1.807) is 31.3 Å². The van der Waals surface area contributed by atoms with Gasteiger partial charge in [0.05, 0.1) is 17.4 Å². The summed E-state index contributed by atoms with van der Waals surface area (Å²) in [4.78, 5) is 0. The van der Waals surface area contributed by atoms with E-state index in [1.165, 1.54) is 10.7 Å². The molecule has 102 valence electrons. The van der Waals surface area contributed by atoms with Gasteiger partial charge in [0, 0.05) is 13.6 Å². The molecule has 1 fully saturated rings. The molecule has 0 spiro atoms. The van der Waals surface area contributed by atoms with Crippen molar-refractivity contribution in [2.45, 2.75) is 25.0 Å². The maximum Gasteiger partial charge on any atom is 0.218 e. The SMILES string of the molecule is CN(CC1CCC1)S(=O)(=O)Cc1ccc(C#N)cc1. The molecule has 1 aromatic carbocycles. The zero-order chi connectivity index (χ0) is 13.9. The van der Waals surface area contributed by atoms with Gasteiger partial charge in [-0.25, -0.2) is 12.7 Å². The molecule has 1 aliphatic rings. The fourth-order valence-corrected chi connectivity index (χ4v) is 3.42. The van der Waals surface area contributed by atoms with E-state index in [0.29, 0.717) is 18.0 Å². The van der Waals surface area contributed by atoms with Crippen LogP contribution < -0.4 is 0 Å². The molecule has 1 aromatic rings. The molecule has 0 unspecified atom stereocenters. The summed E-state index contributed by atoms with van der Waals surface area (Å²) in [6.45, 7) is 0.624. The van der Waals surface area contributed by atoms with Gasteiger partial charge >= 0.3 is 0 Å². The Morgan fingerprint density at radius 1 is 1.32 bits per heavy atom. The standard InChI is InChI=1S/C14H18N2O2S/c1-16(10-13-3-2-4-13)19(17,18)11-14-7-5-12(9-15)6-8-14/h5-8,13H,2-4,10-11H2,1H3. The summed E-state index contributed by atoms with van der Waals surface area (Å²) in [5.74, 6) is 0.530. The lowest BCUT2D eigenvalue weighted by Gasteiger charge is -2.29.